The van der Waals surface area contributed by atoms with Crippen molar-refractivity contribution in [1.29, 1.82) is 0 Å². The third-order valence-electron chi connectivity index (χ3n) is 7.71. The van der Waals surface area contributed by atoms with Gasteiger partial charge in [-0.05, 0) is 48.5 Å². The van der Waals surface area contributed by atoms with Gasteiger partial charge >= 0.3 is 0 Å². The molecule has 1 saturated carbocycles. The summed E-state index contributed by atoms with van der Waals surface area (Å²) < 4.78 is 14.4. The number of nitrogens with one attached hydrogen (secondary N) is 2. The van der Waals surface area contributed by atoms with Crippen LogP contribution in [-0.4, -0.2) is 57.3 Å². The molecule has 9 heteroatoms. The minimum absolute atomic E-state index is 0. The van der Waals surface area contributed by atoms with Crippen LogP contribution in [0.2, 0.25) is 0 Å². The van der Waals surface area contributed by atoms with Crippen molar-refractivity contribution < 1.29 is 24.8 Å². The summed E-state index contributed by atoms with van der Waals surface area (Å²) in [6, 6.07) is -0.549. The predicted molar refractivity (Wildman–Crippen MR) is 148 cm³/mol. The van der Waals surface area contributed by atoms with E-state index in [0.29, 0.717) is 17.9 Å². The van der Waals surface area contributed by atoms with Gasteiger partial charge in [-0.1, -0.05) is 73.3 Å². The van der Waals surface area contributed by atoms with Gasteiger partial charge in [-0.3, -0.25) is 9.59 Å². The average Bonchev–Trinajstić information content (AvgIpc) is 2.76. The van der Waals surface area contributed by atoms with Crippen LogP contribution in [0.5, 0.6) is 0 Å². The summed E-state index contributed by atoms with van der Waals surface area (Å²) in [7, 11) is -1.17. The molecule has 3 atom stereocenters. The van der Waals surface area contributed by atoms with Gasteiger partial charge in [0.05, 0.1) is 0 Å². The highest BCUT2D eigenvalue weighted by Crippen LogP contribution is 2.45. The van der Waals surface area contributed by atoms with Gasteiger partial charge in [0.15, 0.2) is 0 Å². The molecule has 3 aliphatic rings. The Kier molecular flexibility index (Phi) is 14.2. The zero-order chi connectivity index (χ0) is 24.2. The second kappa shape index (κ2) is 14.9. The van der Waals surface area contributed by atoms with Crippen LogP contribution in [0.1, 0.15) is 86.5 Å². The summed E-state index contributed by atoms with van der Waals surface area (Å²) in [5.41, 5.74) is 1.42. The maximum Gasteiger partial charge on any atom is 0.251 e. The van der Waals surface area contributed by atoms with Gasteiger partial charge in [0, 0.05) is 30.6 Å². The molecule has 0 aromatic carbocycles. The fraction of sp³-hybridized carbons (Fsp3) is 0.778. The first kappa shape index (κ1) is 34.3. The van der Waals surface area contributed by atoms with Crippen LogP contribution in [0.4, 0.5) is 0 Å². The Hall–Kier alpha value is -1.71. The number of rotatable bonds is 7. The fourth-order valence-electron chi connectivity index (χ4n) is 6.03. The van der Waals surface area contributed by atoms with Crippen molar-refractivity contribution in [2.75, 3.05) is 19.3 Å². The highest BCUT2D eigenvalue weighted by Gasteiger charge is 2.43. The van der Waals surface area contributed by atoms with Gasteiger partial charge in [-0.15, -0.1) is 0 Å². The summed E-state index contributed by atoms with van der Waals surface area (Å²) in [6.45, 7) is 10.1. The Morgan fingerprint density at radius 1 is 1.11 bits per heavy atom. The van der Waals surface area contributed by atoms with Crippen LogP contribution >= 0.6 is 0 Å². The van der Waals surface area contributed by atoms with Crippen LogP contribution in [0.3, 0.4) is 0 Å². The van der Waals surface area contributed by atoms with E-state index >= 15 is 0 Å². The van der Waals surface area contributed by atoms with Crippen molar-refractivity contribution in [3.63, 3.8) is 0 Å². The van der Waals surface area contributed by atoms with E-state index in [2.05, 4.69) is 23.9 Å². The Morgan fingerprint density at radius 2 is 1.75 bits per heavy atom. The van der Waals surface area contributed by atoms with Crippen molar-refractivity contribution in [3.05, 3.63) is 23.4 Å². The van der Waals surface area contributed by atoms with Crippen LogP contribution in [-0.2, 0) is 20.6 Å². The van der Waals surface area contributed by atoms with Crippen molar-refractivity contribution in [2.45, 2.75) is 92.5 Å². The minimum Gasteiger partial charge on any atom is -0.412 e. The standard InChI is InChI=1S/C26H43N3O3S.CH4.2H2O/c1-18(2)23(27-24(30)20-12-9-13-21(16-20)28-33(5)32)25(31)29-15-14-22(26(3,4)17-29)19-10-7-6-8-11-19;;;/h12,16,18-19,22-23,28H,6-11,13-15,17H2,1-5H3,(H,27,30);1H4;2*1H2/t22?,23-,33?;;;/m1.../s1. The number of carbonyl (C=O) groups excluding carboxylic acids is 2. The van der Waals surface area contributed by atoms with Crippen molar-refractivity contribution in [3.8, 4) is 0 Å². The summed E-state index contributed by atoms with van der Waals surface area (Å²) in [4.78, 5) is 28.6. The molecule has 0 spiro atoms. The maximum atomic E-state index is 13.6. The third-order valence-corrected chi connectivity index (χ3v) is 8.26. The van der Waals surface area contributed by atoms with Gasteiger partial charge in [-0.25, -0.2) is 4.21 Å². The van der Waals surface area contributed by atoms with Gasteiger partial charge < -0.3 is 25.9 Å². The highest BCUT2D eigenvalue weighted by atomic mass is 32.2. The Morgan fingerprint density at radius 3 is 2.31 bits per heavy atom. The second-order valence-corrected chi connectivity index (χ2v) is 12.3. The molecule has 1 aliphatic heterocycles. The molecule has 8 nitrogen and oxygen atoms in total. The van der Waals surface area contributed by atoms with E-state index in [1.807, 2.05) is 24.8 Å². The highest BCUT2D eigenvalue weighted by molar-refractivity contribution is 7.82. The lowest BCUT2D eigenvalue weighted by Crippen LogP contribution is -2.57. The Labute approximate surface area is 220 Å². The zero-order valence-electron chi connectivity index (χ0n) is 22.1. The number of hydrogen-bond donors (Lipinski definition) is 2. The number of likely N-dealkylation sites (tertiary alicyclic amines) is 1. The van der Waals surface area contributed by atoms with E-state index in [9.17, 15) is 13.8 Å². The number of piperidine rings is 1. The molecule has 0 bridgehead atoms. The average molecular weight is 530 g/mol. The maximum absolute atomic E-state index is 13.6. The first-order valence-corrected chi connectivity index (χ1v) is 14.2. The first-order chi connectivity index (χ1) is 15.6. The van der Waals surface area contributed by atoms with E-state index in [4.69, 9.17) is 0 Å². The number of carbonyl (C=O) groups is 2. The number of allylic oxidation sites excluding steroid dienone is 2. The summed E-state index contributed by atoms with van der Waals surface area (Å²) in [5.74, 6) is 1.24. The third kappa shape index (κ3) is 8.70. The largest absolute Gasteiger partial charge is 0.412 e. The lowest BCUT2D eigenvalue weighted by Gasteiger charge is -2.49. The molecular weight excluding hydrogens is 478 g/mol. The van der Waals surface area contributed by atoms with Crippen molar-refractivity contribution in [1.82, 2.24) is 14.9 Å². The number of hydrogen-bond acceptors (Lipinski definition) is 3. The number of nitrogens with zero attached hydrogens (tertiary/aromatic N) is 1. The molecule has 0 aromatic heterocycles. The number of amides is 2. The summed E-state index contributed by atoms with van der Waals surface area (Å²) >= 11 is 0. The molecule has 2 amide bonds. The van der Waals surface area contributed by atoms with Gasteiger partial charge in [0.1, 0.15) is 17.0 Å². The summed E-state index contributed by atoms with van der Waals surface area (Å²) in [6.07, 6.45) is 14.4. The van der Waals surface area contributed by atoms with Gasteiger partial charge in [0.25, 0.3) is 5.91 Å². The molecule has 3 rings (SSSR count). The molecular formula is C27H51N3O5S. The van der Waals surface area contributed by atoms with Crippen LogP contribution in [0, 0.1) is 23.2 Å². The van der Waals surface area contributed by atoms with E-state index in [1.54, 1.807) is 12.3 Å². The van der Waals surface area contributed by atoms with Crippen LogP contribution in [0.15, 0.2) is 23.4 Å². The Bertz CT molecular complexity index is 818. The molecule has 0 aromatic rings. The molecule has 6 N–H and O–H groups in total. The fourth-order valence-corrected chi connectivity index (χ4v) is 6.56. The molecule has 2 aliphatic carbocycles. The van der Waals surface area contributed by atoms with Gasteiger partial charge in [0.2, 0.25) is 5.91 Å². The normalized spacial score (nSPS) is 23.5. The van der Waals surface area contributed by atoms with E-state index in [0.717, 1.165) is 37.5 Å². The van der Waals surface area contributed by atoms with Crippen LogP contribution in [0.25, 0.3) is 0 Å². The predicted octanol–water partition coefficient (Wildman–Crippen LogP) is 3.06. The molecule has 0 radical (unpaired) electrons. The first-order valence-electron chi connectivity index (χ1n) is 12.7. The Balaban J connectivity index is 0.00000408. The summed E-state index contributed by atoms with van der Waals surface area (Å²) in [5, 5.41) is 3.01. The quantitative estimate of drug-likeness (QED) is 0.523. The van der Waals surface area contributed by atoms with E-state index in [-0.39, 0.29) is 41.5 Å². The molecule has 1 saturated heterocycles. The lowest BCUT2D eigenvalue weighted by molar-refractivity contribution is -0.142. The van der Waals surface area contributed by atoms with E-state index < -0.39 is 17.0 Å². The monoisotopic (exact) mass is 529 g/mol. The van der Waals surface area contributed by atoms with E-state index in [1.165, 1.54) is 32.1 Å². The molecule has 2 unspecified atom stereocenters. The van der Waals surface area contributed by atoms with Crippen LogP contribution < -0.4 is 10.0 Å². The van der Waals surface area contributed by atoms with Crippen molar-refractivity contribution >= 4 is 22.8 Å². The smallest absolute Gasteiger partial charge is 0.251 e. The minimum atomic E-state index is -1.17. The second-order valence-electron chi connectivity index (χ2n) is 11.2. The topological polar surface area (TPSA) is 142 Å². The lowest BCUT2D eigenvalue weighted by atomic mass is 9.64. The zero-order valence-corrected chi connectivity index (χ0v) is 22.9. The van der Waals surface area contributed by atoms with Crippen molar-refractivity contribution in [2.24, 2.45) is 23.2 Å². The molecule has 2 fully saturated rings. The van der Waals surface area contributed by atoms with Gasteiger partial charge in [-0.2, -0.15) is 0 Å². The molecule has 1 heterocycles. The molecule has 210 valence electrons. The SMILES string of the molecule is C.CC(C)[C@@H](NC(=O)C1=CCCC(NS(C)=O)=C1)C(=O)N1CCC(C2CCCCC2)C(C)(C)C1.O.O. The molecule has 36 heavy (non-hydrogen) atoms.